The van der Waals surface area contributed by atoms with E-state index in [1.54, 1.807) is 13.0 Å². The number of amides is 1. The molecule has 1 fully saturated rings. The van der Waals surface area contributed by atoms with E-state index < -0.39 is 26.5 Å². The summed E-state index contributed by atoms with van der Waals surface area (Å²) >= 11 is 0. The summed E-state index contributed by atoms with van der Waals surface area (Å²) in [7, 11) is -2.31. The third-order valence-electron chi connectivity index (χ3n) is 4.87. The number of ether oxygens (including phenoxy) is 1. The number of carbonyl (C=O) groups is 2. The Kier molecular flexibility index (Phi) is 5.53. The molecule has 1 heterocycles. The molecule has 8 heteroatoms. The molecule has 0 spiro atoms. The second kappa shape index (κ2) is 7.13. The quantitative estimate of drug-likeness (QED) is 0.774. The number of methoxy groups -OCH3 is 1. The highest BCUT2D eigenvalue weighted by atomic mass is 32.2. The number of esters is 1. The molecule has 0 aromatic heterocycles. The van der Waals surface area contributed by atoms with Crippen molar-refractivity contribution in [3.05, 3.63) is 28.8 Å². The van der Waals surface area contributed by atoms with E-state index in [9.17, 15) is 18.0 Å². The van der Waals surface area contributed by atoms with Crippen LogP contribution in [0.3, 0.4) is 0 Å². The van der Waals surface area contributed by atoms with Crippen molar-refractivity contribution in [2.75, 3.05) is 31.8 Å². The summed E-state index contributed by atoms with van der Waals surface area (Å²) in [6.07, 6.45) is 1.52. The van der Waals surface area contributed by atoms with E-state index in [4.69, 9.17) is 4.74 Å². The van der Waals surface area contributed by atoms with Crippen molar-refractivity contribution in [2.45, 2.75) is 31.4 Å². The Morgan fingerprint density at radius 2 is 1.80 bits per heavy atom. The molecule has 0 atom stereocenters. The molecule has 2 N–H and O–H groups in total. The van der Waals surface area contributed by atoms with Crippen LogP contribution in [0, 0.1) is 13.8 Å². The minimum Gasteiger partial charge on any atom is -0.465 e. The highest BCUT2D eigenvalue weighted by Crippen LogP contribution is 2.30. The second-order valence-electron chi connectivity index (χ2n) is 6.43. The van der Waals surface area contributed by atoms with E-state index >= 15 is 0 Å². The smallest absolute Gasteiger partial charge is 0.338 e. The molecule has 7 nitrogen and oxygen atoms in total. The largest absolute Gasteiger partial charge is 0.465 e. The summed E-state index contributed by atoms with van der Waals surface area (Å²) in [5.41, 5.74) is 2.29. The zero-order valence-corrected chi connectivity index (χ0v) is 15.7. The number of hydrogen-bond acceptors (Lipinski definition) is 6. The van der Waals surface area contributed by atoms with Crippen LogP contribution in [0.25, 0.3) is 0 Å². The first kappa shape index (κ1) is 19.4. The van der Waals surface area contributed by atoms with Gasteiger partial charge in [0.25, 0.3) is 0 Å². The lowest BCUT2D eigenvalue weighted by atomic mass is 9.95. The zero-order chi connectivity index (χ0) is 18.8. The number of benzene rings is 1. The Labute approximate surface area is 148 Å². The summed E-state index contributed by atoms with van der Waals surface area (Å²) in [6.45, 7) is 4.52. The van der Waals surface area contributed by atoms with Gasteiger partial charge in [0.15, 0.2) is 14.6 Å². The highest BCUT2D eigenvalue weighted by Gasteiger charge is 2.48. The maximum absolute atomic E-state index is 12.8. The highest BCUT2D eigenvalue weighted by molar-refractivity contribution is 7.92. The molecule has 1 aliphatic rings. The molecule has 25 heavy (non-hydrogen) atoms. The van der Waals surface area contributed by atoms with Crippen LogP contribution in [0.1, 0.15) is 34.3 Å². The van der Waals surface area contributed by atoms with Crippen LogP contribution in [0.15, 0.2) is 12.1 Å². The average molecular weight is 368 g/mol. The Balaban J connectivity index is 2.39. The number of carbonyl (C=O) groups excluding carboxylic acids is 2. The number of rotatable bonds is 4. The minimum absolute atomic E-state index is 0.215. The fourth-order valence-corrected chi connectivity index (χ4v) is 4.43. The molecule has 2 rings (SSSR count). The van der Waals surface area contributed by atoms with Crippen molar-refractivity contribution < 1.29 is 22.7 Å². The first-order valence-corrected chi connectivity index (χ1v) is 9.93. The third kappa shape index (κ3) is 3.69. The van der Waals surface area contributed by atoms with Gasteiger partial charge >= 0.3 is 5.97 Å². The monoisotopic (exact) mass is 368 g/mol. The van der Waals surface area contributed by atoms with E-state index in [1.807, 2.05) is 6.92 Å². The second-order valence-corrected chi connectivity index (χ2v) is 8.75. The van der Waals surface area contributed by atoms with E-state index in [2.05, 4.69) is 10.6 Å². The molecule has 0 saturated carbocycles. The van der Waals surface area contributed by atoms with Crippen LogP contribution in [0.5, 0.6) is 0 Å². The van der Waals surface area contributed by atoms with E-state index in [0.29, 0.717) is 24.3 Å². The standard InChI is InChI=1S/C17H24N2O5S/c1-11-9-13(10-14(12(11)2)15(20)24-3)19-16(21)17(25(4,22)23)5-7-18-8-6-17/h9-10,18H,5-8H2,1-4H3,(H,19,21). The topological polar surface area (TPSA) is 102 Å². The van der Waals surface area contributed by atoms with Gasteiger partial charge in [-0.3, -0.25) is 4.79 Å². The van der Waals surface area contributed by atoms with Gasteiger partial charge in [-0.1, -0.05) is 0 Å². The van der Waals surface area contributed by atoms with Crippen LogP contribution < -0.4 is 10.6 Å². The maximum Gasteiger partial charge on any atom is 0.338 e. The molecule has 0 unspecified atom stereocenters. The van der Waals surface area contributed by atoms with Gasteiger partial charge in [0.2, 0.25) is 5.91 Å². The third-order valence-corrected chi connectivity index (χ3v) is 6.88. The van der Waals surface area contributed by atoms with E-state index in [-0.39, 0.29) is 12.8 Å². The SMILES string of the molecule is COC(=O)c1cc(NC(=O)C2(S(C)(=O)=O)CCNCC2)cc(C)c1C. The first-order chi connectivity index (χ1) is 11.6. The van der Waals surface area contributed by atoms with Gasteiger partial charge in [0, 0.05) is 11.9 Å². The summed E-state index contributed by atoms with van der Waals surface area (Å²) in [6, 6.07) is 3.24. The predicted molar refractivity (Wildman–Crippen MR) is 95.6 cm³/mol. The van der Waals surface area contributed by atoms with Gasteiger partial charge in [-0.05, 0) is 63.0 Å². The van der Waals surface area contributed by atoms with Crippen molar-refractivity contribution in [2.24, 2.45) is 0 Å². The number of hydrogen-bond donors (Lipinski definition) is 2. The molecule has 138 valence electrons. The van der Waals surface area contributed by atoms with Crippen LogP contribution in [0.2, 0.25) is 0 Å². The molecule has 0 aliphatic carbocycles. The Hall–Kier alpha value is -1.93. The van der Waals surface area contributed by atoms with Crippen molar-refractivity contribution in [1.82, 2.24) is 5.32 Å². The van der Waals surface area contributed by atoms with Gasteiger partial charge in [-0.2, -0.15) is 0 Å². The summed E-state index contributed by atoms with van der Waals surface area (Å²) < 4.78 is 28.0. The van der Waals surface area contributed by atoms with Crippen LogP contribution in [-0.2, 0) is 19.4 Å². The van der Waals surface area contributed by atoms with Gasteiger partial charge in [-0.25, -0.2) is 13.2 Å². The lowest BCUT2D eigenvalue weighted by Gasteiger charge is -2.34. The Morgan fingerprint density at radius 3 is 2.32 bits per heavy atom. The number of aryl methyl sites for hydroxylation is 1. The van der Waals surface area contributed by atoms with E-state index in [1.165, 1.54) is 13.2 Å². The molecule has 0 radical (unpaired) electrons. The van der Waals surface area contributed by atoms with Gasteiger partial charge in [-0.15, -0.1) is 0 Å². The molecular formula is C17H24N2O5S. The van der Waals surface area contributed by atoms with Crippen LogP contribution >= 0.6 is 0 Å². The fourth-order valence-electron chi connectivity index (χ4n) is 3.10. The number of sulfone groups is 1. The fraction of sp³-hybridized carbons (Fsp3) is 0.529. The molecule has 1 aliphatic heterocycles. The predicted octanol–water partition coefficient (Wildman–Crippen LogP) is 1.20. The van der Waals surface area contributed by atoms with Crippen LogP contribution in [0.4, 0.5) is 5.69 Å². The van der Waals surface area contributed by atoms with Gasteiger partial charge in [0.05, 0.1) is 12.7 Å². The summed E-state index contributed by atoms with van der Waals surface area (Å²) in [4.78, 5) is 24.8. The summed E-state index contributed by atoms with van der Waals surface area (Å²) in [5, 5.41) is 5.77. The number of piperidine rings is 1. The molecule has 1 amide bonds. The molecule has 1 saturated heterocycles. The van der Waals surface area contributed by atoms with Gasteiger partial charge in [0.1, 0.15) is 0 Å². The van der Waals surface area contributed by atoms with E-state index in [0.717, 1.165) is 17.4 Å². The van der Waals surface area contributed by atoms with Crippen LogP contribution in [-0.4, -0.2) is 51.5 Å². The number of nitrogens with one attached hydrogen (secondary N) is 2. The summed E-state index contributed by atoms with van der Waals surface area (Å²) in [5.74, 6) is -1.06. The lowest BCUT2D eigenvalue weighted by Crippen LogP contribution is -2.55. The molecule has 1 aromatic rings. The average Bonchev–Trinajstić information content (AvgIpc) is 2.56. The Morgan fingerprint density at radius 1 is 1.20 bits per heavy atom. The maximum atomic E-state index is 12.8. The van der Waals surface area contributed by atoms with Crippen molar-refractivity contribution >= 4 is 27.4 Å². The normalized spacial score (nSPS) is 17.0. The minimum atomic E-state index is -3.60. The molecule has 1 aromatic carbocycles. The molecule has 0 bridgehead atoms. The van der Waals surface area contributed by atoms with Gasteiger partial charge < -0.3 is 15.4 Å². The first-order valence-electron chi connectivity index (χ1n) is 8.04. The zero-order valence-electron chi connectivity index (χ0n) is 14.9. The van der Waals surface area contributed by atoms with Crippen molar-refractivity contribution in [1.29, 1.82) is 0 Å². The van der Waals surface area contributed by atoms with Crippen molar-refractivity contribution in [3.8, 4) is 0 Å². The molecular weight excluding hydrogens is 344 g/mol. The Bertz CT molecular complexity index is 796. The lowest BCUT2D eigenvalue weighted by molar-refractivity contribution is -0.119. The number of anilines is 1. The van der Waals surface area contributed by atoms with Crippen molar-refractivity contribution in [3.63, 3.8) is 0 Å².